The quantitative estimate of drug-likeness (QED) is 0.765. The van der Waals surface area contributed by atoms with Gasteiger partial charge >= 0.3 is 0 Å². The van der Waals surface area contributed by atoms with Crippen LogP contribution in [0, 0.1) is 12.8 Å². The molecular weight excluding hydrogens is 248 g/mol. The van der Waals surface area contributed by atoms with E-state index in [0.717, 1.165) is 19.3 Å². The van der Waals surface area contributed by atoms with Gasteiger partial charge in [-0.1, -0.05) is 43.7 Å². The second kappa shape index (κ2) is 8.75. The molecule has 3 N–H and O–H groups in total. The third kappa shape index (κ3) is 5.74. The second-order valence-corrected chi connectivity index (χ2v) is 5.66. The molecular formula is C17H28N2O. The van der Waals surface area contributed by atoms with Crippen LogP contribution in [-0.4, -0.2) is 12.5 Å². The van der Waals surface area contributed by atoms with Crippen LogP contribution in [0.25, 0.3) is 0 Å². The molecule has 0 aliphatic heterocycles. The van der Waals surface area contributed by atoms with Crippen LogP contribution in [0.2, 0.25) is 0 Å². The van der Waals surface area contributed by atoms with Crippen molar-refractivity contribution in [2.75, 3.05) is 6.54 Å². The molecule has 0 saturated heterocycles. The minimum absolute atomic E-state index is 0.118. The maximum absolute atomic E-state index is 12.0. The van der Waals surface area contributed by atoms with E-state index in [1.54, 1.807) is 0 Å². The second-order valence-electron chi connectivity index (χ2n) is 5.66. The predicted molar refractivity (Wildman–Crippen MR) is 84.4 cm³/mol. The van der Waals surface area contributed by atoms with Gasteiger partial charge in [0.2, 0.25) is 5.91 Å². The molecule has 3 nitrogen and oxygen atoms in total. The van der Waals surface area contributed by atoms with Crippen molar-refractivity contribution in [3.05, 3.63) is 35.4 Å². The highest BCUT2D eigenvalue weighted by atomic mass is 16.1. The van der Waals surface area contributed by atoms with Gasteiger partial charge in [-0.3, -0.25) is 4.79 Å². The first-order valence-corrected chi connectivity index (χ1v) is 7.62. The van der Waals surface area contributed by atoms with Gasteiger partial charge in [0.15, 0.2) is 0 Å². The van der Waals surface area contributed by atoms with Crippen molar-refractivity contribution in [1.82, 2.24) is 5.32 Å². The van der Waals surface area contributed by atoms with Gasteiger partial charge in [-0.2, -0.15) is 0 Å². The minimum atomic E-state index is 0.118. The first-order valence-electron chi connectivity index (χ1n) is 7.62. The Morgan fingerprint density at radius 1 is 1.25 bits per heavy atom. The molecule has 0 fully saturated rings. The van der Waals surface area contributed by atoms with E-state index in [1.807, 2.05) is 0 Å². The molecule has 112 valence electrons. The molecule has 0 aliphatic rings. The van der Waals surface area contributed by atoms with Crippen LogP contribution in [0.5, 0.6) is 0 Å². The highest BCUT2D eigenvalue weighted by Crippen LogP contribution is 2.18. The van der Waals surface area contributed by atoms with Gasteiger partial charge in [-0.05, 0) is 44.2 Å². The van der Waals surface area contributed by atoms with Crippen molar-refractivity contribution in [3.8, 4) is 0 Å². The maximum atomic E-state index is 12.0. The smallest absolute Gasteiger partial charge is 0.220 e. The summed E-state index contributed by atoms with van der Waals surface area (Å²) in [5, 5.41) is 3.13. The van der Waals surface area contributed by atoms with E-state index < -0.39 is 0 Å². The first kappa shape index (κ1) is 16.7. The van der Waals surface area contributed by atoms with Crippen LogP contribution in [0.3, 0.4) is 0 Å². The Kier molecular flexibility index (Phi) is 7.31. The van der Waals surface area contributed by atoms with E-state index in [9.17, 15) is 4.79 Å². The SMILES string of the molecule is CCC(NC(=O)CCC(C)CCN)c1ccc(C)cc1. The fraction of sp³-hybridized carbons (Fsp3) is 0.588. The van der Waals surface area contributed by atoms with Gasteiger partial charge in [0, 0.05) is 6.42 Å². The fourth-order valence-corrected chi connectivity index (χ4v) is 2.29. The maximum Gasteiger partial charge on any atom is 0.220 e. The average Bonchev–Trinajstić information content (AvgIpc) is 2.44. The number of nitrogens with two attached hydrogens (primary N) is 1. The average molecular weight is 276 g/mol. The highest BCUT2D eigenvalue weighted by Gasteiger charge is 2.13. The molecule has 0 aliphatic carbocycles. The molecule has 0 radical (unpaired) electrons. The molecule has 3 heteroatoms. The zero-order valence-corrected chi connectivity index (χ0v) is 13.0. The molecule has 0 spiro atoms. The van der Waals surface area contributed by atoms with Crippen molar-refractivity contribution in [2.24, 2.45) is 11.7 Å². The van der Waals surface area contributed by atoms with Gasteiger partial charge in [0.25, 0.3) is 0 Å². The number of hydrogen-bond donors (Lipinski definition) is 2. The molecule has 0 bridgehead atoms. The summed E-state index contributed by atoms with van der Waals surface area (Å²) < 4.78 is 0. The van der Waals surface area contributed by atoms with Crippen LogP contribution in [0.15, 0.2) is 24.3 Å². The molecule has 20 heavy (non-hydrogen) atoms. The van der Waals surface area contributed by atoms with Gasteiger partial charge in [0.1, 0.15) is 0 Å². The highest BCUT2D eigenvalue weighted by molar-refractivity contribution is 5.76. The van der Waals surface area contributed by atoms with Crippen molar-refractivity contribution >= 4 is 5.91 Å². The number of aryl methyl sites for hydroxylation is 1. The summed E-state index contributed by atoms with van der Waals surface area (Å²) >= 11 is 0. The topological polar surface area (TPSA) is 55.1 Å². The molecule has 1 aromatic carbocycles. The van der Waals surface area contributed by atoms with Gasteiger partial charge in [-0.15, -0.1) is 0 Å². The standard InChI is InChI=1S/C17H28N2O/c1-4-16(15-8-5-13(2)6-9-15)19-17(20)10-7-14(3)11-12-18/h5-6,8-9,14,16H,4,7,10-12,18H2,1-3H3,(H,19,20). The van der Waals surface area contributed by atoms with E-state index in [2.05, 4.69) is 50.4 Å². The third-order valence-corrected chi connectivity index (χ3v) is 3.75. The Morgan fingerprint density at radius 3 is 2.45 bits per heavy atom. The summed E-state index contributed by atoms with van der Waals surface area (Å²) in [6, 6.07) is 8.50. The summed E-state index contributed by atoms with van der Waals surface area (Å²) in [5.74, 6) is 0.659. The number of benzene rings is 1. The first-order chi connectivity index (χ1) is 9.56. The molecule has 1 aromatic rings. The van der Waals surface area contributed by atoms with Crippen molar-refractivity contribution in [2.45, 2.75) is 52.5 Å². The van der Waals surface area contributed by atoms with Crippen molar-refractivity contribution < 1.29 is 4.79 Å². The molecule has 1 rings (SSSR count). The summed E-state index contributed by atoms with van der Waals surface area (Å²) in [4.78, 5) is 12.0. The Balaban J connectivity index is 2.47. The lowest BCUT2D eigenvalue weighted by molar-refractivity contribution is -0.122. The Morgan fingerprint density at radius 2 is 1.90 bits per heavy atom. The van der Waals surface area contributed by atoms with Gasteiger partial charge in [0.05, 0.1) is 6.04 Å². The molecule has 0 saturated carbocycles. The van der Waals surface area contributed by atoms with Gasteiger partial charge < -0.3 is 11.1 Å². The number of hydrogen-bond acceptors (Lipinski definition) is 2. The fourth-order valence-electron chi connectivity index (χ4n) is 2.29. The Bertz CT molecular complexity index is 400. The van der Waals surface area contributed by atoms with Crippen LogP contribution in [0.1, 0.15) is 56.7 Å². The van der Waals surface area contributed by atoms with Crippen LogP contribution < -0.4 is 11.1 Å². The molecule has 0 heterocycles. The lowest BCUT2D eigenvalue weighted by Gasteiger charge is -2.18. The zero-order chi connectivity index (χ0) is 15.0. The monoisotopic (exact) mass is 276 g/mol. The van der Waals surface area contributed by atoms with Crippen LogP contribution >= 0.6 is 0 Å². The third-order valence-electron chi connectivity index (χ3n) is 3.75. The van der Waals surface area contributed by atoms with E-state index in [0.29, 0.717) is 18.9 Å². The number of nitrogens with one attached hydrogen (secondary N) is 1. The normalized spacial score (nSPS) is 13.8. The summed E-state index contributed by atoms with van der Waals surface area (Å²) in [6.07, 6.45) is 3.40. The van der Waals surface area contributed by atoms with Crippen LogP contribution in [0.4, 0.5) is 0 Å². The van der Waals surface area contributed by atoms with Crippen molar-refractivity contribution in [1.29, 1.82) is 0 Å². The van der Waals surface area contributed by atoms with Crippen molar-refractivity contribution in [3.63, 3.8) is 0 Å². The Hall–Kier alpha value is -1.35. The summed E-state index contributed by atoms with van der Waals surface area (Å²) in [5.41, 5.74) is 7.95. The molecule has 0 aromatic heterocycles. The zero-order valence-electron chi connectivity index (χ0n) is 13.0. The van der Waals surface area contributed by atoms with Crippen LogP contribution in [-0.2, 0) is 4.79 Å². The molecule has 1 amide bonds. The van der Waals surface area contributed by atoms with E-state index in [1.165, 1.54) is 11.1 Å². The van der Waals surface area contributed by atoms with E-state index in [-0.39, 0.29) is 11.9 Å². The summed E-state index contributed by atoms with van der Waals surface area (Å²) in [7, 11) is 0. The van der Waals surface area contributed by atoms with Gasteiger partial charge in [-0.25, -0.2) is 0 Å². The Labute approximate surface area is 122 Å². The summed E-state index contributed by atoms with van der Waals surface area (Å²) in [6.45, 7) is 7.02. The van der Waals surface area contributed by atoms with E-state index in [4.69, 9.17) is 5.73 Å². The lowest BCUT2D eigenvalue weighted by atomic mass is 10.00. The van der Waals surface area contributed by atoms with E-state index >= 15 is 0 Å². The largest absolute Gasteiger partial charge is 0.349 e. The molecule has 2 unspecified atom stereocenters. The predicted octanol–water partition coefficient (Wildman–Crippen LogP) is 3.33. The number of carbonyl (C=O) groups excluding carboxylic acids is 1. The number of rotatable bonds is 8. The number of carbonyl (C=O) groups is 1. The molecule has 2 atom stereocenters. The lowest BCUT2D eigenvalue weighted by Crippen LogP contribution is -2.28. The minimum Gasteiger partial charge on any atom is -0.349 e. The number of amides is 1.